The number of hydrogen-bond donors (Lipinski definition) is 2. The molecule has 0 saturated heterocycles. The Kier molecular flexibility index (Phi) is 2.68. The molecule has 0 aliphatic rings. The Bertz CT molecular complexity index is 948. The zero-order valence-corrected chi connectivity index (χ0v) is 11.5. The maximum absolute atomic E-state index is 5.97. The molecule has 0 amide bonds. The second-order valence-electron chi connectivity index (χ2n) is 4.48. The molecular weight excluding hydrogens is 288 g/mol. The Morgan fingerprint density at radius 1 is 1.00 bits per heavy atom. The number of pyridine rings is 1. The van der Waals surface area contributed by atoms with Crippen molar-refractivity contribution < 1.29 is 0 Å². The SMILES string of the molecule is Clc1nc(Nc2n[nH]c3ccccc23)c2cnccc2n1. The molecule has 4 aromatic rings. The van der Waals surface area contributed by atoms with Crippen LogP contribution >= 0.6 is 11.6 Å². The summed E-state index contributed by atoms with van der Waals surface area (Å²) in [5.74, 6) is 1.26. The minimum Gasteiger partial charge on any atom is -0.322 e. The Labute approximate surface area is 124 Å². The molecule has 4 rings (SSSR count). The van der Waals surface area contributed by atoms with E-state index in [1.165, 1.54) is 0 Å². The summed E-state index contributed by atoms with van der Waals surface area (Å²) >= 11 is 5.97. The van der Waals surface area contributed by atoms with E-state index < -0.39 is 0 Å². The molecule has 0 atom stereocenters. The van der Waals surface area contributed by atoms with Crippen molar-refractivity contribution in [3.63, 3.8) is 0 Å². The van der Waals surface area contributed by atoms with E-state index in [9.17, 15) is 0 Å². The van der Waals surface area contributed by atoms with Gasteiger partial charge < -0.3 is 5.32 Å². The monoisotopic (exact) mass is 296 g/mol. The van der Waals surface area contributed by atoms with Gasteiger partial charge in [-0.15, -0.1) is 0 Å². The van der Waals surface area contributed by atoms with Crippen LogP contribution in [0, 0.1) is 0 Å². The van der Waals surface area contributed by atoms with Crippen molar-refractivity contribution in [3.05, 3.63) is 48.0 Å². The average Bonchev–Trinajstić information content (AvgIpc) is 2.90. The Balaban J connectivity index is 1.87. The van der Waals surface area contributed by atoms with E-state index in [1.807, 2.05) is 24.3 Å². The number of fused-ring (bicyclic) bond motifs is 2. The number of aromatic amines is 1. The largest absolute Gasteiger partial charge is 0.322 e. The van der Waals surface area contributed by atoms with Crippen LogP contribution in [0.15, 0.2) is 42.7 Å². The second-order valence-corrected chi connectivity index (χ2v) is 4.81. The number of anilines is 2. The highest BCUT2D eigenvalue weighted by atomic mass is 35.5. The third-order valence-corrected chi connectivity index (χ3v) is 3.35. The van der Waals surface area contributed by atoms with Gasteiger partial charge >= 0.3 is 0 Å². The Morgan fingerprint density at radius 3 is 2.86 bits per heavy atom. The Morgan fingerprint density at radius 2 is 1.90 bits per heavy atom. The summed E-state index contributed by atoms with van der Waals surface area (Å²) in [4.78, 5) is 12.5. The first-order chi connectivity index (χ1) is 10.3. The first-order valence-electron chi connectivity index (χ1n) is 6.29. The molecule has 0 fully saturated rings. The van der Waals surface area contributed by atoms with Crippen molar-refractivity contribution in [1.29, 1.82) is 0 Å². The first kappa shape index (κ1) is 12.0. The van der Waals surface area contributed by atoms with Gasteiger partial charge in [-0.1, -0.05) is 12.1 Å². The van der Waals surface area contributed by atoms with Crippen LogP contribution in [0.3, 0.4) is 0 Å². The number of para-hydroxylation sites is 1. The molecule has 0 unspecified atom stereocenters. The lowest BCUT2D eigenvalue weighted by Gasteiger charge is -2.06. The summed E-state index contributed by atoms with van der Waals surface area (Å²) in [7, 11) is 0. The zero-order chi connectivity index (χ0) is 14.2. The molecule has 102 valence electrons. The van der Waals surface area contributed by atoms with E-state index in [4.69, 9.17) is 11.6 Å². The number of rotatable bonds is 2. The van der Waals surface area contributed by atoms with Crippen molar-refractivity contribution in [3.8, 4) is 0 Å². The highest BCUT2D eigenvalue weighted by Gasteiger charge is 2.10. The van der Waals surface area contributed by atoms with E-state index in [2.05, 4.69) is 30.5 Å². The molecule has 7 heteroatoms. The molecule has 21 heavy (non-hydrogen) atoms. The summed E-state index contributed by atoms with van der Waals surface area (Å²) in [6, 6.07) is 9.63. The van der Waals surface area contributed by atoms with Gasteiger partial charge in [0.2, 0.25) is 5.28 Å². The molecule has 3 aromatic heterocycles. The normalized spacial score (nSPS) is 11.1. The lowest BCUT2D eigenvalue weighted by Crippen LogP contribution is -1.98. The molecule has 0 saturated carbocycles. The molecular formula is C14H9ClN6. The summed E-state index contributed by atoms with van der Waals surface area (Å²) in [6.07, 6.45) is 3.36. The fraction of sp³-hybridized carbons (Fsp3) is 0. The maximum Gasteiger partial charge on any atom is 0.224 e. The van der Waals surface area contributed by atoms with Gasteiger partial charge in [0.15, 0.2) is 5.82 Å². The molecule has 3 heterocycles. The van der Waals surface area contributed by atoms with Crippen molar-refractivity contribution in [2.75, 3.05) is 5.32 Å². The molecule has 0 aliphatic carbocycles. The van der Waals surface area contributed by atoms with Crippen molar-refractivity contribution in [2.45, 2.75) is 0 Å². The summed E-state index contributed by atoms with van der Waals surface area (Å²) < 4.78 is 0. The topological polar surface area (TPSA) is 79.4 Å². The number of hydrogen-bond acceptors (Lipinski definition) is 5. The number of nitrogens with zero attached hydrogens (tertiary/aromatic N) is 4. The minimum atomic E-state index is 0.177. The smallest absolute Gasteiger partial charge is 0.224 e. The van der Waals surface area contributed by atoms with E-state index in [0.29, 0.717) is 11.6 Å². The minimum absolute atomic E-state index is 0.177. The molecule has 0 bridgehead atoms. The maximum atomic E-state index is 5.97. The lowest BCUT2D eigenvalue weighted by atomic mass is 10.2. The lowest BCUT2D eigenvalue weighted by molar-refractivity contribution is 1.11. The number of benzene rings is 1. The third kappa shape index (κ3) is 2.05. The summed E-state index contributed by atoms with van der Waals surface area (Å²) in [5.41, 5.74) is 1.68. The van der Waals surface area contributed by atoms with Crippen molar-refractivity contribution >= 4 is 45.0 Å². The van der Waals surface area contributed by atoms with E-state index in [0.717, 1.165) is 21.8 Å². The van der Waals surface area contributed by atoms with Gasteiger partial charge in [-0.3, -0.25) is 10.1 Å². The van der Waals surface area contributed by atoms with Crippen molar-refractivity contribution in [2.24, 2.45) is 0 Å². The summed E-state index contributed by atoms with van der Waals surface area (Å²) in [5, 5.41) is 12.4. The van der Waals surface area contributed by atoms with Gasteiger partial charge in [0.05, 0.1) is 16.4 Å². The van der Waals surface area contributed by atoms with Crippen LogP contribution in [-0.4, -0.2) is 25.1 Å². The van der Waals surface area contributed by atoms with Crippen LogP contribution in [0.5, 0.6) is 0 Å². The van der Waals surface area contributed by atoms with Crippen LogP contribution in [0.4, 0.5) is 11.6 Å². The quantitative estimate of drug-likeness (QED) is 0.555. The highest BCUT2D eigenvalue weighted by molar-refractivity contribution is 6.28. The molecule has 0 radical (unpaired) electrons. The molecule has 0 spiro atoms. The van der Waals surface area contributed by atoms with E-state index in [-0.39, 0.29) is 5.28 Å². The number of H-pyrrole nitrogens is 1. The third-order valence-electron chi connectivity index (χ3n) is 3.18. The Hall–Kier alpha value is -2.73. The average molecular weight is 297 g/mol. The number of halogens is 1. The highest BCUT2D eigenvalue weighted by Crippen LogP contribution is 2.27. The zero-order valence-electron chi connectivity index (χ0n) is 10.7. The van der Waals surface area contributed by atoms with E-state index in [1.54, 1.807) is 18.5 Å². The molecule has 6 nitrogen and oxygen atoms in total. The van der Waals surface area contributed by atoms with E-state index >= 15 is 0 Å². The van der Waals surface area contributed by atoms with Crippen LogP contribution in [-0.2, 0) is 0 Å². The molecule has 2 N–H and O–H groups in total. The predicted molar refractivity (Wildman–Crippen MR) is 81.7 cm³/mol. The fourth-order valence-corrected chi connectivity index (χ4v) is 2.39. The van der Waals surface area contributed by atoms with Gasteiger partial charge in [-0.2, -0.15) is 10.1 Å². The molecule has 1 aromatic carbocycles. The predicted octanol–water partition coefficient (Wildman–Crippen LogP) is 3.30. The second kappa shape index (κ2) is 4.68. The van der Waals surface area contributed by atoms with Crippen LogP contribution in [0.2, 0.25) is 5.28 Å². The fourth-order valence-electron chi connectivity index (χ4n) is 2.21. The van der Waals surface area contributed by atoms with Gasteiger partial charge in [0.1, 0.15) is 5.82 Å². The van der Waals surface area contributed by atoms with Crippen LogP contribution in [0.25, 0.3) is 21.8 Å². The standard InChI is InChI=1S/C14H9ClN6/c15-14-17-10-5-6-16-7-9(10)12(19-14)18-13-8-3-1-2-4-11(8)20-21-13/h1-7H,(H2,17,18,19,20,21). The van der Waals surface area contributed by atoms with Gasteiger partial charge in [0.25, 0.3) is 0 Å². The number of nitrogens with one attached hydrogen (secondary N) is 2. The van der Waals surface area contributed by atoms with Gasteiger partial charge in [-0.25, -0.2) is 4.98 Å². The van der Waals surface area contributed by atoms with Crippen LogP contribution < -0.4 is 5.32 Å². The number of aromatic nitrogens is 5. The van der Waals surface area contributed by atoms with Crippen molar-refractivity contribution in [1.82, 2.24) is 25.1 Å². The first-order valence-corrected chi connectivity index (χ1v) is 6.66. The van der Waals surface area contributed by atoms with Gasteiger partial charge in [0, 0.05) is 17.8 Å². The molecule has 0 aliphatic heterocycles. The van der Waals surface area contributed by atoms with Crippen LogP contribution in [0.1, 0.15) is 0 Å². The summed E-state index contributed by atoms with van der Waals surface area (Å²) in [6.45, 7) is 0. The van der Waals surface area contributed by atoms with Gasteiger partial charge in [-0.05, 0) is 29.8 Å².